The van der Waals surface area contributed by atoms with Crippen LogP contribution in [0.4, 0.5) is 4.39 Å². The summed E-state index contributed by atoms with van der Waals surface area (Å²) >= 11 is 5.98. The molecule has 134 valence electrons. The molecule has 0 saturated heterocycles. The molecule has 2 aromatic rings. The summed E-state index contributed by atoms with van der Waals surface area (Å²) in [5.41, 5.74) is 0.525. The van der Waals surface area contributed by atoms with Crippen LogP contribution >= 0.6 is 11.6 Å². The molecule has 0 aromatic heterocycles. The van der Waals surface area contributed by atoms with Crippen LogP contribution in [0.25, 0.3) is 0 Å². The molecule has 0 bridgehead atoms. The van der Waals surface area contributed by atoms with Gasteiger partial charge in [0.05, 0.1) is 5.02 Å². The number of benzene rings is 2. The molecule has 0 aliphatic heterocycles. The molecule has 0 saturated carbocycles. The Kier molecular flexibility index (Phi) is 5.82. The molecule has 8 heteroatoms. The Morgan fingerprint density at radius 2 is 1.76 bits per heavy atom. The monoisotopic (exact) mass is 384 g/mol. The molecule has 0 spiro atoms. The van der Waals surface area contributed by atoms with E-state index < -0.39 is 21.7 Å². The van der Waals surface area contributed by atoms with Gasteiger partial charge < -0.3 is 4.90 Å². The molecular formula is C17H18ClFN2O3S. The normalized spacial score (nSPS) is 11.6. The van der Waals surface area contributed by atoms with Crippen molar-refractivity contribution >= 4 is 27.5 Å². The highest BCUT2D eigenvalue weighted by molar-refractivity contribution is 7.89. The van der Waals surface area contributed by atoms with Crippen molar-refractivity contribution < 1.29 is 17.6 Å². The maximum atomic E-state index is 13.7. The summed E-state index contributed by atoms with van der Waals surface area (Å²) in [6, 6.07) is 10.2. The third kappa shape index (κ3) is 4.18. The van der Waals surface area contributed by atoms with Gasteiger partial charge in [0.25, 0.3) is 5.91 Å². The van der Waals surface area contributed by atoms with Crippen LogP contribution in [0, 0.1) is 5.82 Å². The molecule has 0 aliphatic carbocycles. The van der Waals surface area contributed by atoms with Crippen LogP contribution in [-0.2, 0) is 16.6 Å². The van der Waals surface area contributed by atoms with E-state index in [0.717, 1.165) is 4.31 Å². The Morgan fingerprint density at radius 1 is 1.12 bits per heavy atom. The minimum absolute atomic E-state index is 0.0296. The van der Waals surface area contributed by atoms with Gasteiger partial charge in [-0.2, -0.15) is 0 Å². The Bertz CT molecular complexity index is 901. The third-order valence-corrected chi connectivity index (χ3v) is 5.95. The van der Waals surface area contributed by atoms with Gasteiger partial charge in [-0.1, -0.05) is 29.8 Å². The van der Waals surface area contributed by atoms with E-state index in [-0.39, 0.29) is 22.0 Å². The quantitative estimate of drug-likeness (QED) is 0.796. The SMILES string of the molecule is CN(Cc1ccccc1F)C(=O)c1ccc(Cl)c(S(=O)(=O)N(C)C)c1. The van der Waals surface area contributed by atoms with Gasteiger partial charge in [0.15, 0.2) is 0 Å². The first-order chi connectivity index (χ1) is 11.6. The maximum absolute atomic E-state index is 13.7. The van der Waals surface area contributed by atoms with E-state index >= 15 is 0 Å². The molecule has 0 aliphatic rings. The van der Waals surface area contributed by atoms with Crippen molar-refractivity contribution in [3.63, 3.8) is 0 Å². The topological polar surface area (TPSA) is 57.7 Å². The molecule has 1 amide bonds. The zero-order valence-electron chi connectivity index (χ0n) is 14.0. The number of hydrogen-bond donors (Lipinski definition) is 0. The van der Waals surface area contributed by atoms with Gasteiger partial charge in [-0.25, -0.2) is 17.1 Å². The molecule has 2 aromatic carbocycles. The number of rotatable bonds is 5. The molecule has 0 heterocycles. The van der Waals surface area contributed by atoms with Gasteiger partial charge >= 0.3 is 0 Å². The predicted octanol–water partition coefficient (Wildman–Crippen LogP) is 3.00. The molecule has 0 radical (unpaired) electrons. The smallest absolute Gasteiger partial charge is 0.253 e. The van der Waals surface area contributed by atoms with Gasteiger partial charge in [-0.3, -0.25) is 4.79 Å². The lowest BCUT2D eigenvalue weighted by Crippen LogP contribution is -2.27. The van der Waals surface area contributed by atoms with Gasteiger partial charge in [-0.05, 0) is 24.3 Å². The number of amides is 1. The van der Waals surface area contributed by atoms with Crippen molar-refractivity contribution in [2.24, 2.45) is 0 Å². The molecular weight excluding hydrogens is 367 g/mol. The largest absolute Gasteiger partial charge is 0.337 e. The predicted molar refractivity (Wildman–Crippen MR) is 94.5 cm³/mol. The minimum Gasteiger partial charge on any atom is -0.337 e. The second kappa shape index (κ2) is 7.51. The van der Waals surface area contributed by atoms with Crippen molar-refractivity contribution in [2.75, 3.05) is 21.1 Å². The highest BCUT2D eigenvalue weighted by Gasteiger charge is 2.23. The van der Waals surface area contributed by atoms with E-state index in [1.807, 2.05) is 0 Å². The highest BCUT2D eigenvalue weighted by atomic mass is 35.5. The van der Waals surface area contributed by atoms with E-state index in [4.69, 9.17) is 11.6 Å². The molecule has 25 heavy (non-hydrogen) atoms. The van der Waals surface area contributed by atoms with Crippen LogP contribution in [0.15, 0.2) is 47.4 Å². The number of carbonyl (C=O) groups is 1. The van der Waals surface area contributed by atoms with Crippen LogP contribution in [0.1, 0.15) is 15.9 Å². The first kappa shape index (κ1) is 19.4. The first-order valence-corrected chi connectivity index (χ1v) is 9.17. The fourth-order valence-corrected chi connectivity index (χ4v) is 3.60. The van der Waals surface area contributed by atoms with Crippen molar-refractivity contribution in [1.82, 2.24) is 9.21 Å². The molecule has 0 N–H and O–H groups in total. The number of nitrogens with zero attached hydrogens (tertiary/aromatic N) is 2. The fourth-order valence-electron chi connectivity index (χ4n) is 2.21. The molecule has 0 fully saturated rings. The lowest BCUT2D eigenvalue weighted by Gasteiger charge is -2.19. The van der Waals surface area contributed by atoms with Crippen molar-refractivity contribution in [2.45, 2.75) is 11.4 Å². The third-order valence-electron chi connectivity index (χ3n) is 3.65. The van der Waals surface area contributed by atoms with E-state index in [1.165, 1.54) is 50.3 Å². The Hall–Kier alpha value is -1.96. The lowest BCUT2D eigenvalue weighted by atomic mass is 10.1. The summed E-state index contributed by atoms with van der Waals surface area (Å²) in [4.78, 5) is 13.7. The zero-order valence-corrected chi connectivity index (χ0v) is 15.6. The summed E-state index contributed by atoms with van der Waals surface area (Å²) in [5.74, 6) is -0.843. The van der Waals surface area contributed by atoms with E-state index in [1.54, 1.807) is 18.2 Å². The number of carbonyl (C=O) groups excluding carboxylic acids is 1. The number of sulfonamides is 1. The van der Waals surface area contributed by atoms with Crippen LogP contribution in [0.3, 0.4) is 0 Å². The Morgan fingerprint density at radius 3 is 2.36 bits per heavy atom. The molecule has 0 unspecified atom stereocenters. The second-order valence-corrected chi connectivity index (χ2v) is 8.21. The number of halogens is 2. The summed E-state index contributed by atoms with van der Waals surface area (Å²) in [6.07, 6.45) is 0. The standard InChI is InChI=1S/C17H18ClFN2O3S/c1-20(2)25(23,24)16-10-12(8-9-14(16)18)17(22)21(3)11-13-6-4-5-7-15(13)19/h4-10H,11H2,1-3H3. The van der Waals surface area contributed by atoms with Gasteiger partial charge in [0.1, 0.15) is 10.7 Å². The summed E-state index contributed by atoms with van der Waals surface area (Å²) in [5, 5.41) is 0.0296. The Labute approximate surface area is 151 Å². The van der Waals surface area contributed by atoms with Crippen LogP contribution in [0.5, 0.6) is 0 Å². The number of hydrogen-bond acceptors (Lipinski definition) is 3. The average molecular weight is 385 g/mol. The summed E-state index contributed by atoms with van der Waals surface area (Å²) < 4.78 is 39.4. The molecule has 2 rings (SSSR count). The van der Waals surface area contributed by atoms with Crippen molar-refractivity contribution in [3.05, 3.63) is 64.4 Å². The Balaban J connectivity index is 2.32. The van der Waals surface area contributed by atoms with Gasteiger partial charge in [0, 0.05) is 38.8 Å². The minimum atomic E-state index is -3.78. The van der Waals surface area contributed by atoms with E-state index in [9.17, 15) is 17.6 Å². The van der Waals surface area contributed by atoms with E-state index in [2.05, 4.69) is 0 Å². The van der Waals surface area contributed by atoms with E-state index in [0.29, 0.717) is 5.56 Å². The average Bonchev–Trinajstić information content (AvgIpc) is 2.56. The summed E-state index contributed by atoms with van der Waals surface area (Å²) in [7, 11) is 0.492. The van der Waals surface area contributed by atoms with Crippen molar-refractivity contribution in [3.8, 4) is 0 Å². The fraction of sp³-hybridized carbons (Fsp3) is 0.235. The van der Waals surface area contributed by atoms with Crippen LogP contribution < -0.4 is 0 Å². The lowest BCUT2D eigenvalue weighted by molar-refractivity contribution is 0.0783. The first-order valence-electron chi connectivity index (χ1n) is 7.35. The summed E-state index contributed by atoms with van der Waals surface area (Å²) in [6.45, 7) is 0.0594. The van der Waals surface area contributed by atoms with Crippen LogP contribution in [-0.4, -0.2) is 44.7 Å². The second-order valence-electron chi connectivity index (χ2n) is 5.69. The zero-order chi connectivity index (χ0) is 18.8. The molecule has 0 atom stereocenters. The highest BCUT2D eigenvalue weighted by Crippen LogP contribution is 2.25. The van der Waals surface area contributed by atoms with Crippen LogP contribution in [0.2, 0.25) is 5.02 Å². The maximum Gasteiger partial charge on any atom is 0.253 e. The van der Waals surface area contributed by atoms with Gasteiger partial charge in [0.2, 0.25) is 10.0 Å². The van der Waals surface area contributed by atoms with Gasteiger partial charge in [-0.15, -0.1) is 0 Å². The van der Waals surface area contributed by atoms with Crippen molar-refractivity contribution in [1.29, 1.82) is 0 Å². The molecule has 5 nitrogen and oxygen atoms in total.